The van der Waals surface area contributed by atoms with E-state index in [1.54, 1.807) is 26.0 Å². The molecule has 1 aliphatic rings. The average molecular weight is 580 g/mol. The number of phenols is 1. The fourth-order valence-electron chi connectivity index (χ4n) is 4.69. The third kappa shape index (κ3) is 5.33. The lowest BCUT2D eigenvalue weighted by Gasteiger charge is -2.19. The number of hydrogen-bond donors (Lipinski definition) is 3. The van der Waals surface area contributed by atoms with Crippen molar-refractivity contribution in [2.24, 2.45) is 5.10 Å². The number of amides is 1. The smallest absolute Gasteiger partial charge is 0.505 e. The number of anilines is 3. The van der Waals surface area contributed by atoms with E-state index in [1.807, 2.05) is 6.07 Å². The minimum atomic E-state index is -4.65. The number of hydrazone groups is 1. The van der Waals surface area contributed by atoms with Gasteiger partial charge in [0, 0.05) is 16.8 Å². The van der Waals surface area contributed by atoms with Crippen molar-refractivity contribution in [1.82, 2.24) is 0 Å². The van der Waals surface area contributed by atoms with E-state index in [0.717, 1.165) is 46.4 Å². The maximum absolute atomic E-state index is 14.0. The van der Waals surface area contributed by atoms with Crippen LogP contribution in [0.2, 0.25) is 0 Å². The summed E-state index contributed by atoms with van der Waals surface area (Å²) in [5.74, 6) is -2.57. The zero-order valence-corrected chi connectivity index (χ0v) is 22.0. The number of carboxylic acid groups (broad SMARTS) is 1. The summed E-state index contributed by atoms with van der Waals surface area (Å²) in [6.07, 6.45) is -6.37. The summed E-state index contributed by atoms with van der Waals surface area (Å²) in [5, 5.41) is 23.9. The Balaban J connectivity index is 1.55. The molecule has 0 aliphatic carbocycles. The molecule has 3 N–H and O–H groups in total. The van der Waals surface area contributed by atoms with Crippen LogP contribution in [0, 0.1) is 19.7 Å². The van der Waals surface area contributed by atoms with Crippen molar-refractivity contribution >= 4 is 34.8 Å². The van der Waals surface area contributed by atoms with Crippen LogP contribution in [-0.4, -0.2) is 28.0 Å². The van der Waals surface area contributed by atoms with Crippen molar-refractivity contribution in [3.05, 3.63) is 101 Å². The number of nitrogens with zero attached hydrogens (tertiary/aromatic N) is 2. The Hall–Kier alpha value is -5.39. The number of benzene rings is 4. The molecule has 0 radical (unpaired) electrons. The summed E-state index contributed by atoms with van der Waals surface area (Å²) >= 11 is 0. The Kier molecular flexibility index (Phi) is 7.07. The average Bonchev–Trinajstić information content (AvgIpc) is 3.18. The lowest BCUT2D eigenvalue weighted by atomic mass is 10.0. The number of fused-ring (bicyclic) bond motifs is 1. The lowest BCUT2D eigenvalue weighted by Crippen LogP contribution is -2.26. The van der Waals surface area contributed by atoms with Gasteiger partial charge >= 0.3 is 12.3 Å². The van der Waals surface area contributed by atoms with Gasteiger partial charge in [-0.1, -0.05) is 24.3 Å². The molecule has 42 heavy (non-hydrogen) atoms. The monoisotopic (exact) mass is 579 g/mol. The Morgan fingerprint density at radius 3 is 2.33 bits per heavy atom. The van der Waals surface area contributed by atoms with E-state index in [1.165, 1.54) is 24.3 Å². The van der Waals surface area contributed by atoms with Gasteiger partial charge in [-0.25, -0.2) is 9.18 Å². The molecule has 0 fully saturated rings. The highest BCUT2D eigenvalue weighted by molar-refractivity contribution is 6.55. The Labute approximate surface area is 236 Å². The molecule has 0 saturated carbocycles. The van der Waals surface area contributed by atoms with E-state index in [0.29, 0.717) is 5.69 Å². The lowest BCUT2D eigenvalue weighted by molar-refractivity contribution is -0.137. The number of rotatable bonds is 5. The van der Waals surface area contributed by atoms with Crippen LogP contribution in [0.15, 0.2) is 77.9 Å². The van der Waals surface area contributed by atoms with E-state index < -0.39 is 35.4 Å². The second-order valence-electron chi connectivity index (χ2n) is 9.50. The van der Waals surface area contributed by atoms with Crippen LogP contribution in [0.5, 0.6) is 11.5 Å². The minimum Gasteiger partial charge on any atom is -0.505 e. The Morgan fingerprint density at radius 1 is 0.952 bits per heavy atom. The first-order chi connectivity index (χ1) is 19.8. The molecule has 1 amide bonds. The number of halogens is 4. The highest BCUT2D eigenvalue weighted by Gasteiger charge is 2.39. The highest BCUT2D eigenvalue weighted by atomic mass is 19.4. The van der Waals surface area contributed by atoms with Gasteiger partial charge in [-0.2, -0.15) is 18.3 Å². The molecule has 0 unspecified atom stereocenters. The van der Waals surface area contributed by atoms with Gasteiger partial charge in [-0.15, -0.1) is 0 Å². The molecule has 0 bridgehead atoms. The van der Waals surface area contributed by atoms with Gasteiger partial charge in [0.05, 0.1) is 16.9 Å². The summed E-state index contributed by atoms with van der Waals surface area (Å²) in [6, 6.07) is 15.9. The number of aryl methyl sites for hydroxylation is 2. The van der Waals surface area contributed by atoms with Crippen LogP contribution in [-0.2, 0) is 11.0 Å². The third-order valence-electron chi connectivity index (χ3n) is 6.46. The molecule has 0 aromatic heterocycles. The van der Waals surface area contributed by atoms with E-state index in [9.17, 15) is 32.3 Å². The van der Waals surface area contributed by atoms with Crippen LogP contribution in [0.4, 0.5) is 39.4 Å². The van der Waals surface area contributed by atoms with Gasteiger partial charge in [0.2, 0.25) is 0 Å². The first-order valence-electron chi connectivity index (χ1n) is 12.3. The van der Waals surface area contributed by atoms with E-state index >= 15 is 0 Å². The molecule has 4 aromatic carbocycles. The van der Waals surface area contributed by atoms with Crippen LogP contribution < -0.4 is 15.1 Å². The molecule has 1 heterocycles. The topological polar surface area (TPSA) is 111 Å². The molecule has 0 atom stereocenters. The Morgan fingerprint density at radius 2 is 1.67 bits per heavy atom. The number of carbonyl (C=O) groups excluding carboxylic acids is 1. The zero-order chi connectivity index (χ0) is 30.3. The standard InChI is InChI=1S/C30H21F4N3O5/c1-15-10-16(2)12-19(11-15)37-24-14-18(30(32,33)34)7-8-21(24)26(28(37)39)36-35-23-5-3-4-20(27(23)38)17-6-9-22(31)25(13-17)42-29(40)41/h3-14,35,38H,1-2H3,(H,40,41). The van der Waals surface area contributed by atoms with Crippen LogP contribution in [0.3, 0.4) is 0 Å². The van der Waals surface area contributed by atoms with Crippen LogP contribution in [0.1, 0.15) is 22.3 Å². The molecule has 4 aromatic rings. The fraction of sp³-hybridized carbons (Fsp3) is 0.100. The molecule has 12 heteroatoms. The van der Waals surface area contributed by atoms with Gasteiger partial charge in [0.25, 0.3) is 5.91 Å². The second kappa shape index (κ2) is 10.5. The van der Waals surface area contributed by atoms with Gasteiger partial charge in [0.15, 0.2) is 17.3 Å². The van der Waals surface area contributed by atoms with E-state index in [2.05, 4.69) is 15.3 Å². The first kappa shape index (κ1) is 28.1. The van der Waals surface area contributed by atoms with Crippen molar-refractivity contribution in [2.75, 3.05) is 10.3 Å². The van der Waals surface area contributed by atoms with Crippen LogP contribution >= 0.6 is 0 Å². The molecule has 0 saturated heterocycles. The van der Waals surface area contributed by atoms with Crippen molar-refractivity contribution in [3.8, 4) is 22.6 Å². The van der Waals surface area contributed by atoms with Gasteiger partial charge in [0.1, 0.15) is 5.75 Å². The quantitative estimate of drug-likeness (QED) is 0.0748. The van der Waals surface area contributed by atoms with Crippen molar-refractivity contribution in [1.29, 1.82) is 0 Å². The molecular weight excluding hydrogens is 558 g/mol. The summed E-state index contributed by atoms with van der Waals surface area (Å²) in [5.41, 5.74) is 3.95. The molecular formula is C30H21F4N3O5. The third-order valence-corrected chi connectivity index (χ3v) is 6.46. The highest BCUT2D eigenvalue weighted by Crippen LogP contribution is 2.42. The van der Waals surface area contributed by atoms with E-state index in [-0.39, 0.29) is 39.5 Å². The fourth-order valence-corrected chi connectivity index (χ4v) is 4.69. The summed E-state index contributed by atoms with van der Waals surface area (Å²) in [6.45, 7) is 3.60. The molecule has 214 valence electrons. The van der Waals surface area contributed by atoms with Gasteiger partial charge in [-0.3, -0.25) is 15.1 Å². The number of para-hydroxylation sites is 1. The molecule has 8 nitrogen and oxygen atoms in total. The predicted molar refractivity (Wildman–Crippen MR) is 147 cm³/mol. The number of carbonyl (C=O) groups is 2. The molecule has 0 spiro atoms. The molecule has 5 rings (SSSR count). The zero-order valence-electron chi connectivity index (χ0n) is 22.0. The maximum Gasteiger partial charge on any atom is 0.511 e. The van der Waals surface area contributed by atoms with E-state index in [4.69, 9.17) is 5.11 Å². The van der Waals surface area contributed by atoms with Crippen LogP contribution in [0.25, 0.3) is 11.1 Å². The number of hydrogen-bond acceptors (Lipinski definition) is 6. The number of ether oxygens (including phenoxy) is 1. The normalized spacial score (nSPS) is 13.8. The largest absolute Gasteiger partial charge is 0.511 e. The first-order valence-corrected chi connectivity index (χ1v) is 12.3. The minimum absolute atomic E-state index is 0.00406. The predicted octanol–water partition coefficient (Wildman–Crippen LogP) is 7.39. The number of alkyl halides is 3. The summed E-state index contributed by atoms with van der Waals surface area (Å²) in [7, 11) is 0. The number of aromatic hydroxyl groups is 1. The number of nitrogens with one attached hydrogen (secondary N) is 1. The Bertz CT molecular complexity index is 1770. The van der Waals surface area contributed by atoms with Gasteiger partial charge < -0.3 is 14.9 Å². The molecule has 1 aliphatic heterocycles. The number of phenolic OH excluding ortho intramolecular Hbond substituents is 1. The maximum atomic E-state index is 14.0. The van der Waals surface area contributed by atoms with Gasteiger partial charge in [-0.05, 0) is 79.1 Å². The SMILES string of the molecule is Cc1cc(C)cc(N2C(=O)C(=NNc3cccc(-c4ccc(F)c(OC(=O)O)c4)c3O)c3ccc(C(F)(F)F)cc32)c1. The second-order valence-corrected chi connectivity index (χ2v) is 9.50. The van der Waals surface area contributed by atoms with Crippen molar-refractivity contribution < 1.29 is 42.1 Å². The summed E-state index contributed by atoms with van der Waals surface area (Å²) < 4.78 is 59.2. The summed E-state index contributed by atoms with van der Waals surface area (Å²) in [4.78, 5) is 25.6. The van der Waals surface area contributed by atoms with Crippen molar-refractivity contribution in [3.63, 3.8) is 0 Å². The van der Waals surface area contributed by atoms with Crippen molar-refractivity contribution in [2.45, 2.75) is 20.0 Å².